The minimum atomic E-state index is -1.02. The lowest BCUT2D eigenvalue weighted by atomic mass is 10.0. The van der Waals surface area contributed by atoms with Crippen molar-refractivity contribution in [3.63, 3.8) is 0 Å². The normalized spacial score (nSPS) is 10.6. The van der Waals surface area contributed by atoms with Gasteiger partial charge in [0.15, 0.2) is 0 Å². The number of benzene rings is 1. The Bertz CT molecular complexity index is 745. The number of nitrogens with zero attached hydrogens (tertiary/aromatic N) is 1. The van der Waals surface area contributed by atoms with Crippen LogP contribution in [0, 0.1) is 20.8 Å². The average molecular weight is 315 g/mol. The Kier molecular flexibility index (Phi) is 4.89. The van der Waals surface area contributed by atoms with Crippen LogP contribution in [0.25, 0.3) is 0 Å². The van der Waals surface area contributed by atoms with Gasteiger partial charge in [-0.2, -0.15) is 0 Å². The molecule has 1 aromatic heterocycles. The molecule has 0 aliphatic heterocycles. The van der Waals surface area contributed by atoms with E-state index in [1.165, 1.54) is 6.26 Å². The molecule has 0 unspecified atom stereocenters. The summed E-state index contributed by atoms with van der Waals surface area (Å²) >= 11 is 0. The lowest BCUT2D eigenvalue weighted by molar-refractivity contribution is -0.136. The molecule has 2 aromatic rings. The Morgan fingerprint density at radius 1 is 1.17 bits per heavy atom. The van der Waals surface area contributed by atoms with Crippen LogP contribution < -0.4 is 0 Å². The molecule has 0 saturated carbocycles. The van der Waals surface area contributed by atoms with Crippen LogP contribution in [-0.2, 0) is 17.8 Å². The van der Waals surface area contributed by atoms with Crippen LogP contribution in [0.3, 0.4) is 0 Å². The van der Waals surface area contributed by atoms with E-state index in [2.05, 4.69) is 6.07 Å². The number of hydrogen-bond donors (Lipinski definition) is 1. The first kappa shape index (κ1) is 16.8. The quantitative estimate of drug-likeness (QED) is 0.920. The van der Waals surface area contributed by atoms with E-state index in [4.69, 9.17) is 9.52 Å². The predicted molar refractivity (Wildman–Crippen MR) is 86.5 cm³/mol. The van der Waals surface area contributed by atoms with Gasteiger partial charge in [0, 0.05) is 19.2 Å². The topological polar surface area (TPSA) is 70.8 Å². The number of aryl methyl sites for hydroxylation is 3. The Morgan fingerprint density at radius 2 is 1.87 bits per heavy atom. The molecule has 0 aliphatic rings. The van der Waals surface area contributed by atoms with E-state index in [1.54, 1.807) is 18.9 Å². The van der Waals surface area contributed by atoms with Gasteiger partial charge in [0.25, 0.3) is 5.91 Å². The van der Waals surface area contributed by atoms with Crippen molar-refractivity contribution in [2.75, 3.05) is 7.05 Å². The molecule has 0 bridgehead atoms. The third-order valence-corrected chi connectivity index (χ3v) is 3.84. The standard InChI is InChI=1S/C18H21NO4/c1-11-5-6-12(2)14(7-11)9-19(4)18(22)17-13(3)10-23-15(17)8-16(20)21/h5-7,10H,8-9H2,1-4H3,(H,20,21). The van der Waals surface area contributed by atoms with Gasteiger partial charge in [0.1, 0.15) is 12.2 Å². The number of carbonyl (C=O) groups is 2. The third kappa shape index (κ3) is 3.80. The number of amides is 1. The fourth-order valence-corrected chi connectivity index (χ4v) is 2.54. The van der Waals surface area contributed by atoms with Crippen molar-refractivity contribution in [1.82, 2.24) is 4.90 Å². The molecule has 0 atom stereocenters. The van der Waals surface area contributed by atoms with E-state index >= 15 is 0 Å². The van der Waals surface area contributed by atoms with Gasteiger partial charge < -0.3 is 14.4 Å². The van der Waals surface area contributed by atoms with E-state index in [0.29, 0.717) is 17.7 Å². The van der Waals surface area contributed by atoms with E-state index in [9.17, 15) is 9.59 Å². The molecule has 122 valence electrons. The first-order valence-electron chi connectivity index (χ1n) is 7.40. The van der Waals surface area contributed by atoms with Gasteiger partial charge in [-0.25, -0.2) is 0 Å². The molecule has 1 aromatic carbocycles. The highest BCUT2D eigenvalue weighted by Gasteiger charge is 2.23. The molecule has 5 heteroatoms. The molecule has 1 amide bonds. The Morgan fingerprint density at radius 3 is 2.52 bits per heavy atom. The Balaban J connectivity index is 2.25. The van der Waals surface area contributed by atoms with Gasteiger partial charge in [-0.3, -0.25) is 9.59 Å². The summed E-state index contributed by atoms with van der Waals surface area (Å²) in [6.45, 7) is 6.22. The highest BCUT2D eigenvalue weighted by atomic mass is 16.4. The lowest BCUT2D eigenvalue weighted by Crippen LogP contribution is -2.28. The predicted octanol–water partition coefficient (Wildman–Crippen LogP) is 3.10. The van der Waals surface area contributed by atoms with Gasteiger partial charge >= 0.3 is 5.97 Å². The van der Waals surface area contributed by atoms with E-state index in [0.717, 1.165) is 16.7 Å². The first-order chi connectivity index (χ1) is 10.8. The molecule has 0 aliphatic carbocycles. The van der Waals surface area contributed by atoms with E-state index in [1.807, 2.05) is 26.0 Å². The monoisotopic (exact) mass is 315 g/mol. The number of furan rings is 1. The molecule has 1 N–H and O–H groups in total. The van der Waals surface area contributed by atoms with E-state index in [-0.39, 0.29) is 18.1 Å². The fourth-order valence-electron chi connectivity index (χ4n) is 2.54. The summed E-state index contributed by atoms with van der Waals surface area (Å²) in [4.78, 5) is 25.2. The molecule has 0 radical (unpaired) electrons. The van der Waals surface area contributed by atoms with Crippen LogP contribution in [0.4, 0.5) is 0 Å². The molecular weight excluding hydrogens is 294 g/mol. The third-order valence-electron chi connectivity index (χ3n) is 3.84. The molecule has 0 fully saturated rings. The maximum atomic E-state index is 12.7. The van der Waals surface area contributed by atoms with Gasteiger partial charge in [-0.1, -0.05) is 23.8 Å². The maximum absolute atomic E-state index is 12.7. The summed E-state index contributed by atoms with van der Waals surface area (Å²) in [5.41, 5.74) is 4.32. The van der Waals surface area contributed by atoms with Crippen LogP contribution in [0.15, 0.2) is 28.9 Å². The molecule has 1 heterocycles. The number of rotatable bonds is 5. The number of carboxylic acid groups (broad SMARTS) is 1. The Labute approximate surface area is 135 Å². The summed E-state index contributed by atoms with van der Waals surface area (Å²) in [5, 5.41) is 8.94. The highest BCUT2D eigenvalue weighted by Crippen LogP contribution is 2.21. The summed E-state index contributed by atoms with van der Waals surface area (Å²) in [6.07, 6.45) is 1.13. The largest absolute Gasteiger partial charge is 0.481 e. The van der Waals surface area contributed by atoms with Crippen LogP contribution in [0.1, 0.15) is 38.4 Å². The number of carbonyl (C=O) groups excluding carboxylic acids is 1. The Hall–Kier alpha value is -2.56. The van der Waals surface area contributed by atoms with Crippen molar-refractivity contribution in [2.24, 2.45) is 0 Å². The molecule has 5 nitrogen and oxygen atoms in total. The van der Waals surface area contributed by atoms with Crippen LogP contribution in [-0.4, -0.2) is 28.9 Å². The molecule has 0 spiro atoms. The summed E-state index contributed by atoms with van der Waals surface area (Å²) in [5.74, 6) is -1.05. The maximum Gasteiger partial charge on any atom is 0.311 e. The van der Waals surface area contributed by atoms with Gasteiger partial charge in [-0.15, -0.1) is 0 Å². The molecule has 0 saturated heterocycles. The van der Waals surface area contributed by atoms with Crippen molar-refractivity contribution in [1.29, 1.82) is 0 Å². The zero-order valence-electron chi connectivity index (χ0n) is 13.8. The number of carboxylic acids is 1. The second kappa shape index (κ2) is 6.69. The second-order valence-electron chi connectivity index (χ2n) is 5.88. The summed E-state index contributed by atoms with van der Waals surface area (Å²) in [7, 11) is 1.71. The average Bonchev–Trinajstić information content (AvgIpc) is 2.82. The zero-order valence-corrected chi connectivity index (χ0v) is 13.8. The number of hydrogen-bond acceptors (Lipinski definition) is 3. The van der Waals surface area contributed by atoms with Crippen LogP contribution in [0.2, 0.25) is 0 Å². The number of aliphatic carboxylic acids is 1. The fraction of sp³-hybridized carbons (Fsp3) is 0.333. The van der Waals surface area contributed by atoms with Gasteiger partial charge in [-0.05, 0) is 31.9 Å². The van der Waals surface area contributed by atoms with E-state index < -0.39 is 5.97 Å². The zero-order chi connectivity index (χ0) is 17.1. The van der Waals surface area contributed by atoms with Crippen LogP contribution >= 0.6 is 0 Å². The van der Waals surface area contributed by atoms with Gasteiger partial charge in [0.2, 0.25) is 0 Å². The van der Waals surface area contributed by atoms with Crippen LogP contribution in [0.5, 0.6) is 0 Å². The smallest absolute Gasteiger partial charge is 0.311 e. The molecule has 23 heavy (non-hydrogen) atoms. The second-order valence-corrected chi connectivity index (χ2v) is 5.88. The minimum absolute atomic E-state index is 0.202. The van der Waals surface area contributed by atoms with Crippen molar-refractivity contribution in [3.05, 3.63) is 58.0 Å². The highest BCUT2D eigenvalue weighted by molar-refractivity contribution is 5.97. The van der Waals surface area contributed by atoms with Crippen molar-refractivity contribution in [3.8, 4) is 0 Å². The summed E-state index contributed by atoms with van der Waals surface area (Å²) in [6, 6.07) is 6.12. The lowest BCUT2D eigenvalue weighted by Gasteiger charge is -2.19. The minimum Gasteiger partial charge on any atom is -0.481 e. The SMILES string of the molecule is Cc1ccc(C)c(CN(C)C(=O)c2c(C)coc2CC(=O)O)c1. The van der Waals surface area contributed by atoms with Gasteiger partial charge in [0.05, 0.1) is 11.8 Å². The molecular formula is C18H21NO4. The van der Waals surface area contributed by atoms with Crippen molar-refractivity contribution in [2.45, 2.75) is 33.7 Å². The van der Waals surface area contributed by atoms with Crippen molar-refractivity contribution >= 4 is 11.9 Å². The molecule has 2 rings (SSSR count). The summed E-state index contributed by atoms with van der Waals surface area (Å²) < 4.78 is 5.24. The first-order valence-corrected chi connectivity index (χ1v) is 7.40. The van der Waals surface area contributed by atoms with Crippen molar-refractivity contribution < 1.29 is 19.1 Å².